The van der Waals surface area contributed by atoms with Gasteiger partial charge < -0.3 is 19.9 Å². The van der Waals surface area contributed by atoms with Crippen LogP contribution in [0.25, 0.3) is 11.0 Å². The molecule has 3 aromatic carbocycles. The molecule has 1 heterocycles. The minimum Gasteiger partial charge on any atom is -0.494 e. The molecule has 0 spiro atoms. The van der Waals surface area contributed by atoms with E-state index in [4.69, 9.17) is 16.3 Å². The molecule has 2 amide bonds. The van der Waals surface area contributed by atoms with Gasteiger partial charge in [-0.25, -0.2) is 4.98 Å². The van der Waals surface area contributed by atoms with Gasteiger partial charge in [-0.1, -0.05) is 35.9 Å². The number of amides is 2. The average molecular weight is 463 g/mol. The first kappa shape index (κ1) is 22.4. The van der Waals surface area contributed by atoms with Gasteiger partial charge in [0, 0.05) is 5.69 Å². The van der Waals surface area contributed by atoms with E-state index in [2.05, 4.69) is 15.6 Å². The molecule has 0 aliphatic heterocycles. The maximum Gasteiger partial charge on any atom is 0.253 e. The number of ether oxygens (including phenoxy) is 1. The van der Waals surface area contributed by atoms with Crippen LogP contribution in [0.1, 0.15) is 23.1 Å². The first-order valence-corrected chi connectivity index (χ1v) is 10.9. The number of nitrogens with zero attached hydrogens (tertiary/aromatic N) is 2. The topological polar surface area (TPSA) is 85.2 Å². The predicted octanol–water partition coefficient (Wildman–Crippen LogP) is 4.66. The molecule has 1 aromatic heterocycles. The summed E-state index contributed by atoms with van der Waals surface area (Å²) in [5, 5.41) is 6.11. The van der Waals surface area contributed by atoms with Gasteiger partial charge in [0.05, 0.1) is 34.8 Å². The van der Waals surface area contributed by atoms with Crippen molar-refractivity contribution in [3.05, 3.63) is 89.2 Å². The number of fused-ring (bicyclic) bond motifs is 1. The zero-order valence-corrected chi connectivity index (χ0v) is 18.8. The lowest BCUT2D eigenvalue weighted by Gasteiger charge is -2.12. The Morgan fingerprint density at radius 2 is 1.73 bits per heavy atom. The number of hydrogen-bond acceptors (Lipinski definition) is 4. The van der Waals surface area contributed by atoms with Crippen LogP contribution in [-0.2, 0) is 17.9 Å². The van der Waals surface area contributed by atoms with Crippen LogP contribution in [-0.4, -0.2) is 28.0 Å². The van der Waals surface area contributed by atoms with Crippen molar-refractivity contribution in [2.24, 2.45) is 0 Å². The highest BCUT2D eigenvalue weighted by Crippen LogP contribution is 2.19. The quantitative estimate of drug-likeness (QED) is 0.399. The van der Waals surface area contributed by atoms with E-state index in [9.17, 15) is 9.59 Å². The van der Waals surface area contributed by atoms with E-state index >= 15 is 0 Å². The minimum absolute atomic E-state index is 0.0466. The number of halogens is 1. The van der Waals surface area contributed by atoms with Crippen molar-refractivity contribution in [1.29, 1.82) is 0 Å². The zero-order chi connectivity index (χ0) is 23.2. The van der Waals surface area contributed by atoms with Crippen molar-refractivity contribution in [3.63, 3.8) is 0 Å². The molecule has 2 N–H and O–H groups in total. The Kier molecular flexibility index (Phi) is 6.90. The number of rotatable bonds is 8. The fourth-order valence-corrected chi connectivity index (χ4v) is 3.70. The summed E-state index contributed by atoms with van der Waals surface area (Å²) < 4.78 is 7.23. The van der Waals surface area contributed by atoms with Crippen LogP contribution < -0.4 is 15.4 Å². The molecule has 168 valence electrons. The van der Waals surface area contributed by atoms with Gasteiger partial charge in [-0.05, 0) is 55.5 Å². The van der Waals surface area contributed by atoms with Gasteiger partial charge in [0.25, 0.3) is 5.91 Å². The lowest BCUT2D eigenvalue weighted by atomic mass is 10.2. The second-order valence-electron chi connectivity index (χ2n) is 7.27. The summed E-state index contributed by atoms with van der Waals surface area (Å²) in [7, 11) is 0. The maximum absolute atomic E-state index is 12.8. The molecule has 7 nitrogen and oxygen atoms in total. The van der Waals surface area contributed by atoms with Crippen LogP contribution in [0.15, 0.2) is 72.8 Å². The molecule has 0 bridgehead atoms. The van der Waals surface area contributed by atoms with Gasteiger partial charge in [0.1, 0.15) is 18.1 Å². The molecule has 33 heavy (non-hydrogen) atoms. The van der Waals surface area contributed by atoms with Crippen molar-refractivity contribution in [3.8, 4) is 5.75 Å². The van der Waals surface area contributed by atoms with Crippen LogP contribution in [0, 0.1) is 0 Å². The van der Waals surface area contributed by atoms with Crippen molar-refractivity contribution in [2.75, 3.05) is 11.9 Å². The summed E-state index contributed by atoms with van der Waals surface area (Å²) in [6, 6.07) is 21.6. The SMILES string of the molecule is CCOc1ccc(NC(=O)Cn2c(CNC(=O)c3ccccc3Cl)nc3ccccc32)cc1. The smallest absolute Gasteiger partial charge is 0.253 e. The molecule has 0 saturated carbocycles. The Morgan fingerprint density at radius 1 is 1.00 bits per heavy atom. The van der Waals surface area contributed by atoms with Crippen molar-refractivity contribution >= 4 is 40.1 Å². The summed E-state index contributed by atoms with van der Waals surface area (Å²) >= 11 is 6.13. The third kappa shape index (κ3) is 5.32. The number of imidazole rings is 1. The normalized spacial score (nSPS) is 10.7. The molecule has 0 atom stereocenters. The Hall–Kier alpha value is -3.84. The Bertz CT molecular complexity index is 1280. The Morgan fingerprint density at radius 3 is 2.48 bits per heavy atom. The third-order valence-corrected chi connectivity index (χ3v) is 5.34. The van der Waals surface area contributed by atoms with Gasteiger partial charge in [0.15, 0.2) is 0 Å². The highest BCUT2D eigenvalue weighted by Gasteiger charge is 2.16. The summed E-state index contributed by atoms with van der Waals surface area (Å²) in [6.45, 7) is 2.69. The number of anilines is 1. The summed E-state index contributed by atoms with van der Waals surface area (Å²) in [5.41, 5.74) is 2.60. The van der Waals surface area contributed by atoms with Crippen LogP contribution in [0.4, 0.5) is 5.69 Å². The second kappa shape index (κ2) is 10.2. The van der Waals surface area contributed by atoms with Gasteiger partial charge >= 0.3 is 0 Å². The third-order valence-electron chi connectivity index (χ3n) is 5.01. The molecule has 0 aliphatic carbocycles. The van der Waals surface area contributed by atoms with Gasteiger partial charge in [-0.2, -0.15) is 0 Å². The first-order valence-electron chi connectivity index (χ1n) is 10.5. The van der Waals surface area contributed by atoms with E-state index in [1.54, 1.807) is 53.1 Å². The van der Waals surface area contributed by atoms with Crippen molar-refractivity contribution < 1.29 is 14.3 Å². The zero-order valence-electron chi connectivity index (χ0n) is 18.0. The molecular formula is C25H23ClN4O3. The number of aromatic nitrogens is 2. The van der Waals surface area contributed by atoms with Crippen molar-refractivity contribution in [2.45, 2.75) is 20.0 Å². The average Bonchev–Trinajstić information content (AvgIpc) is 3.16. The predicted molar refractivity (Wildman–Crippen MR) is 129 cm³/mol. The molecule has 4 rings (SSSR count). The lowest BCUT2D eigenvalue weighted by molar-refractivity contribution is -0.116. The number of hydrogen-bond donors (Lipinski definition) is 2. The fourth-order valence-electron chi connectivity index (χ4n) is 3.48. The number of carbonyl (C=O) groups excluding carboxylic acids is 2. The lowest BCUT2D eigenvalue weighted by Crippen LogP contribution is -2.26. The van der Waals surface area contributed by atoms with Gasteiger partial charge in [-0.15, -0.1) is 0 Å². The van der Waals surface area contributed by atoms with Gasteiger partial charge in [0.2, 0.25) is 5.91 Å². The van der Waals surface area contributed by atoms with E-state index in [0.717, 1.165) is 16.8 Å². The highest BCUT2D eigenvalue weighted by molar-refractivity contribution is 6.33. The summed E-state index contributed by atoms with van der Waals surface area (Å²) in [6.07, 6.45) is 0. The molecule has 0 aliphatic rings. The number of nitrogens with one attached hydrogen (secondary N) is 2. The fraction of sp³-hybridized carbons (Fsp3) is 0.160. The first-order chi connectivity index (χ1) is 16.0. The Balaban J connectivity index is 1.50. The standard InChI is InChI=1S/C25H23ClN4O3/c1-2-33-18-13-11-17(12-14-18)28-24(31)16-30-22-10-6-5-9-21(22)29-23(30)15-27-25(32)19-7-3-4-8-20(19)26/h3-14H,2,15-16H2,1H3,(H,27,32)(H,28,31). The van der Waals surface area contributed by atoms with Gasteiger partial charge in [-0.3, -0.25) is 9.59 Å². The second-order valence-corrected chi connectivity index (χ2v) is 7.68. The summed E-state index contributed by atoms with van der Waals surface area (Å²) in [5.74, 6) is 0.796. The molecule has 0 fully saturated rings. The van der Waals surface area contributed by atoms with Crippen LogP contribution in [0.3, 0.4) is 0 Å². The van der Waals surface area contributed by atoms with E-state index in [1.165, 1.54) is 0 Å². The van der Waals surface area contributed by atoms with Crippen molar-refractivity contribution in [1.82, 2.24) is 14.9 Å². The van der Waals surface area contributed by atoms with Crippen LogP contribution in [0.5, 0.6) is 5.75 Å². The van der Waals surface area contributed by atoms with E-state index in [-0.39, 0.29) is 24.9 Å². The van der Waals surface area contributed by atoms with Crippen LogP contribution in [0.2, 0.25) is 5.02 Å². The highest BCUT2D eigenvalue weighted by atomic mass is 35.5. The number of benzene rings is 3. The Labute approximate surface area is 196 Å². The number of para-hydroxylation sites is 2. The monoisotopic (exact) mass is 462 g/mol. The van der Waals surface area contributed by atoms with E-state index in [0.29, 0.717) is 28.7 Å². The van der Waals surface area contributed by atoms with Crippen LogP contribution >= 0.6 is 11.6 Å². The number of carbonyl (C=O) groups is 2. The molecular weight excluding hydrogens is 440 g/mol. The molecule has 0 radical (unpaired) electrons. The van der Waals surface area contributed by atoms with E-state index < -0.39 is 0 Å². The minimum atomic E-state index is -0.307. The summed E-state index contributed by atoms with van der Waals surface area (Å²) in [4.78, 5) is 30.0. The molecule has 0 saturated heterocycles. The molecule has 8 heteroatoms. The molecule has 4 aromatic rings. The maximum atomic E-state index is 12.8. The molecule has 0 unspecified atom stereocenters. The van der Waals surface area contributed by atoms with E-state index in [1.807, 2.05) is 31.2 Å². The largest absolute Gasteiger partial charge is 0.494 e.